The van der Waals surface area contributed by atoms with E-state index in [1.807, 2.05) is 12.1 Å². The fraction of sp³-hybridized carbons (Fsp3) is 0.632. The van der Waals surface area contributed by atoms with E-state index in [4.69, 9.17) is 4.74 Å². The van der Waals surface area contributed by atoms with E-state index in [0.717, 1.165) is 31.1 Å². The van der Waals surface area contributed by atoms with Crippen LogP contribution in [0.1, 0.15) is 25.7 Å². The van der Waals surface area contributed by atoms with E-state index in [-0.39, 0.29) is 18.0 Å². The fourth-order valence-electron chi connectivity index (χ4n) is 4.03. The standard InChI is InChI=1S/C19H27N5O3/c1-22-11-7-15(18(22)25)21-19(26)24-12-6-14(13-24)27-16-5-4-8-20-17(16)23-9-2-3-10-23/h4-5,8,14-15H,2-3,6-7,9-13H2,1H3,(H,21,26)/t14-,15+/m0/s1. The molecule has 4 heterocycles. The Morgan fingerprint density at radius 2 is 2.04 bits per heavy atom. The van der Waals surface area contributed by atoms with E-state index in [0.29, 0.717) is 26.1 Å². The van der Waals surface area contributed by atoms with E-state index >= 15 is 0 Å². The molecule has 0 radical (unpaired) electrons. The largest absolute Gasteiger partial charge is 0.485 e. The van der Waals surface area contributed by atoms with Crippen LogP contribution >= 0.6 is 0 Å². The molecule has 0 unspecified atom stereocenters. The smallest absolute Gasteiger partial charge is 0.318 e. The highest BCUT2D eigenvalue weighted by molar-refractivity contribution is 5.88. The zero-order valence-corrected chi connectivity index (χ0v) is 15.8. The second kappa shape index (κ2) is 7.62. The van der Waals surface area contributed by atoms with Crippen LogP contribution in [-0.2, 0) is 4.79 Å². The SMILES string of the molecule is CN1CC[C@@H](NC(=O)N2CC[C@H](Oc3cccnc3N3CCCC3)C2)C1=O. The lowest BCUT2D eigenvalue weighted by Gasteiger charge is -2.23. The van der Waals surface area contributed by atoms with Gasteiger partial charge in [0.15, 0.2) is 11.6 Å². The molecule has 3 saturated heterocycles. The summed E-state index contributed by atoms with van der Waals surface area (Å²) >= 11 is 0. The van der Waals surface area contributed by atoms with Gasteiger partial charge in [0.1, 0.15) is 12.1 Å². The maximum Gasteiger partial charge on any atom is 0.318 e. The van der Waals surface area contributed by atoms with Gasteiger partial charge in [-0.25, -0.2) is 9.78 Å². The minimum atomic E-state index is -0.400. The van der Waals surface area contributed by atoms with Crippen molar-refractivity contribution in [1.82, 2.24) is 20.1 Å². The van der Waals surface area contributed by atoms with Crippen LogP contribution in [0.15, 0.2) is 18.3 Å². The van der Waals surface area contributed by atoms with Gasteiger partial charge in [-0.05, 0) is 31.4 Å². The van der Waals surface area contributed by atoms with Gasteiger partial charge >= 0.3 is 6.03 Å². The first-order valence-electron chi connectivity index (χ1n) is 9.79. The van der Waals surface area contributed by atoms with Gasteiger partial charge < -0.3 is 24.8 Å². The Morgan fingerprint density at radius 1 is 1.22 bits per heavy atom. The van der Waals surface area contributed by atoms with Crippen LogP contribution in [0.25, 0.3) is 0 Å². The molecule has 27 heavy (non-hydrogen) atoms. The van der Waals surface area contributed by atoms with Gasteiger partial charge in [-0.15, -0.1) is 0 Å². The molecule has 4 rings (SSSR count). The number of carbonyl (C=O) groups is 2. The summed E-state index contributed by atoms with van der Waals surface area (Å²) in [6, 6.07) is 3.26. The van der Waals surface area contributed by atoms with Gasteiger partial charge in [0.25, 0.3) is 0 Å². The molecule has 0 saturated carbocycles. The molecule has 146 valence electrons. The van der Waals surface area contributed by atoms with Crippen molar-refractivity contribution in [2.75, 3.05) is 44.7 Å². The van der Waals surface area contributed by atoms with Gasteiger partial charge in [-0.1, -0.05) is 0 Å². The number of anilines is 1. The third-order valence-corrected chi connectivity index (χ3v) is 5.61. The Kier molecular flexibility index (Phi) is 5.05. The summed E-state index contributed by atoms with van der Waals surface area (Å²) in [5.74, 6) is 1.68. The number of ether oxygens (including phenoxy) is 1. The Labute approximate surface area is 159 Å². The normalized spacial score (nSPS) is 25.4. The van der Waals surface area contributed by atoms with Crippen molar-refractivity contribution in [1.29, 1.82) is 0 Å². The number of pyridine rings is 1. The molecule has 3 aliphatic heterocycles. The van der Waals surface area contributed by atoms with Crippen molar-refractivity contribution in [3.8, 4) is 5.75 Å². The number of amides is 3. The summed E-state index contributed by atoms with van der Waals surface area (Å²) in [4.78, 5) is 34.6. The fourth-order valence-corrected chi connectivity index (χ4v) is 4.03. The quantitative estimate of drug-likeness (QED) is 0.854. The number of likely N-dealkylation sites (tertiary alicyclic amines) is 2. The van der Waals surface area contributed by atoms with E-state index in [2.05, 4.69) is 15.2 Å². The molecule has 2 atom stereocenters. The van der Waals surface area contributed by atoms with Gasteiger partial charge in [-0.2, -0.15) is 0 Å². The van der Waals surface area contributed by atoms with Crippen LogP contribution in [0.2, 0.25) is 0 Å². The maximum absolute atomic E-state index is 12.5. The predicted molar refractivity (Wildman–Crippen MR) is 101 cm³/mol. The molecule has 8 heteroatoms. The zero-order chi connectivity index (χ0) is 18.8. The summed E-state index contributed by atoms with van der Waals surface area (Å²) in [5.41, 5.74) is 0. The van der Waals surface area contributed by atoms with Crippen molar-refractivity contribution in [2.45, 2.75) is 37.8 Å². The summed E-state index contributed by atoms with van der Waals surface area (Å²) in [7, 11) is 1.76. The molecule has 1 N–H and O–H groups in total. The van der Waals surface area contributed by atoms with Gasteiger partial charge in [0, 0.05) is 45.8 Å². The number of hydrogen-bond acceptors (Lipinski definition) is 5. The lowest BCUT2D eigenvalue weighted by atomic mass is 10.2. The van der Waals surface area contributed by atoms with Crippen molar-refractivity contribution in [3.63, 3.8) is 0 Å². The van der Waals surface area contributed by atoms with Gasteiger partial charge in [0.2, 0.25) is 5.91 Å². The Balaban J connectivity index is 1.34. The number of urea groups is 1. The van der Waals surface area contributed by atoms with Crippen LogP contribution in [-0.4, -0.2) is 78.6 Å². The lowest BCUT2D eigenvalue weighted by molar-refractivity contribution is -0.128. The first kappa shape index (κ1) is 17.9. The summed E-state index contributed by atoms with van der Waals surface area (Å²) in [6.45, 7) is 3.87. The van der Waals surface area contributed by atoms with E-state index < -0.39 is 6.04 Å². The second-order valence-corrected chi connectivity index (χ2v) is 7.54. The average Bonchev–Trinajstić information content (AvgIpc) is 3.41. The number of carbonyl (C=O) groups excluding carboxylic acids is 2. The third kappa shape index (κ3) is 3.79. The highest BCUT2D eigenvalue weighted by atomic mass is 16.5. The number of rotatable bonds is 4. The number of nitrogens with zero attached hydrogens (tertiary/aromatic N) is 4. The maximum atomic E-state index is 12.5. The van der Waals surface area contributed by atoms with E-state index in [9.17, 15) is 9.59 Å². The molecule has 1 aromatic heterocycles. The molecular weight excluding hydrogens is 346 g/mol. The molecule has 0 aliphatic carbocycles. The second-order valence-electron chi connectivity index (χ2n) is 7.54. The minimum Gasteiger partial charge on any atom is -0.485 e. The number of nitrogens with one attached hydrogen (secondary N) is 1. The number of hydrogen-bond donors (Lipinski definition) is 1. The van der Waals surface area contributed by atoms with Crippen LogP contribution in [0.4, 0.5) is 10.6 Å². The third-order valence-electron chi connectivity index (χ3n) is 5.61. The predicted octanol–water partition coefficient (Wildman–Crippen LogP) is 1.08. The average molecular weight is 373 g/mol. The Hall–Kier alpha value is -2.51. The van der Waals surface area contributed by atoms with Gasteiger partial charge in [0.05, 0.1) is 6.54 Å². The molecule has 3 fully saturated rings. The monoisotopic (exact) mass is 373 g/mol. The van der Waals surface area contributed by atoms with Crippen LogP contribution in [0.3, 0.4) is 0 Å². The highest BCUT2D eigenvalue weighted by Gasteiger charge is 2.34. The molecule has 0 aromatic carbocycles. The molecular formula is C19H27N5O3. The number of likely N-dealkylation sites (N-methyl/N-ethyl adjacent to an activating group) is 1. The van der Waals surface area contributed by atoms with Crippen molar-refractivity contribution < 1.29 is 14.3 Å². The summed E-state index contributed by atoms with van der Waals surface area (Å²) in [6.07, 6.45) is 5.56. The topological polar surface area (TPSA) is 78.0 Å². The van der Waals surface area contributed by atoms with Crippen molar-refractivity contribution in [2.24, 2.45) is 0 Å². The molecule has 0 bridgehead atoms. The van der Waals surface area contributed by atoms with Gasteiger partial charge in [-0.3, -0.25) is 4.79 Å². The minimum absolute atomic E-state index is 0.0130. The summed E-state index contributed by atoms with van der Waals surface area (Å²) < 4.78 is 6.21. The van der Waals surface area contributed by atoms with Crippen LogP contribution in [0.5, 0.6) is 5.75 Å². The molecule has 1 aromatic rings. The van der Waals surface area contributed by atoms with Crippen LogP contribution < -0.4 is 15.0 Å². The first-order chi connectivity index (χ1) is 13.1. The first-order valence-corrected chi connectivity index (χ1v) is 9.79. The van der Waals surface area contributed by atoms with E-state index in [1.54, 1.807) is 23.0 Å². The van der Waals surface area contributed by atoms with E-state index in [1.165, 1.54) is 12.8 Å². The van der Waals surface area contributed by atoms with Crippen LogP contribution in [0, 0.1) is 0 Å². The zero-order valence-electron chi connectivity index (χ0n) is 15.8. The molecule has 8 nitrogen and oxygen atoms in total. The highest BCUT2D eigenvalue weighted by Crippen LogP contribution is 2.30. The Bertz CT molecular complexity index is 706. The Morgan fingerprint density at radius 3 is 2.78 bits per heavy atom. The molecule has 0 spiro atoms. The molecule has 3 amide bonds. The van der Waals surface area contributed by atoms with Crippen molar-refractivity contribution >= 4 is 17.8 Å². The van der Waals surface area contributed by atoms with Crippen molar-refractivity contribution in [3.05, 3.63) is 18.3 Å². The summed E-state index contributed by atoms with van der Waals surface area (Å²) in [5, 5.41) is 2.86. The lowest BCUT2D eigenvalue weighted by Crippen LogP contribution is -2.47. The number of aromatic nitrogens is 1. The molecule has 3 aliphatic rings.